The Labute approximate surface area is 158 Å². The minimum absolute atomic E-state index is 0.174. The first-order valence-electron chi connectivity index (χ1n) is 7.98. The monoisotopic (exact) mass is 375 g/mol. The number of carbonyl (C=O) groups is 1. The molecule has 0 spiro atoms. The van der Waals surface area contributed by atoms with Gasteiger partial charge in [0.15, 0.2) is 0 Å². The Morgan fingerprint density at radius 3 is 2.69 bits per heavy atom. The standard InChI is InChI=1S/C18H22ClN5O2/c1-18(2,3)26-17(25)22-14-7-6-13(10-12(14)11-20-4)24(5)15-8-9-21-16(19)23-15/h6-11H,1-5H3,(H,22,25)/b20-11-. The third kappa shape index (κ3) is 5.42. The number of aliphatic imine (C=N–C) groups is 1. The van der Waals surface area contributed by atoms with E-state index in [0.717, 1.165) is 11.3 Å². The van der Waals surface area contributed by atoms with Crippen molar-refractivity contribution in [2.45, 2.75) is 26.4 Å². The third-order valence-corrected chi connectivity index (χ3v) is 3.46. The molecule has 0 aliphatic rings. The van der Waals surface area contributed by atoms with Gasteiger partial charge in [0.1, 0.15) is 11.4 Å². The molecule has 0 fully saturated rings. The van der Waals surface area contributed by atoms with Crippen LogP contribution in [0.5, 0.6) is 0 Å². The maximum Gasteiger partial charge on any atom is 0.412 e. The fraction of sp³-hybridized carbons (Fsp3) is 0.333. The number of hydrogen-bond donors (Lipinski definition) is 1. The van der Waals surface area contributed by atoms with Crippen LogP contribution in [0.4, 0.5) is 22.0 Å². The van der Waals surface area contributed by atoms with Crippen molar-refractivity contribution in [2.75, 3.05) is 24.3 Å². The van der Waals surface area contributed by atoms with Crippen LogP contribution in [0.15, 0.2) is 35.5 Å². The number of carbonyl (C=O) groups excluding carboxylic acids is 1. The van der Waals surface area contributed by atoms with Crippen LogP contribution in [-0.2, 0) is 4.74 Å². The molecule has 0 radical (unpaired) electrons. The number of halogens is 1. The Morgan fingerprint density at radius 2 is 2.08 bits per heavy atom. The number of ether oxygens (including phenoxy) is 1. The molecule has 1 N–H and O–H groups in total. The van der Waals surface area contributed by atoms with E-state index >= 15 is 0 Å². The first kappa shape index (κ1) is 19.7. The van der Waals surface area contributed by atoms with E-state index in [1.165, 1.54) is 0 Å². The summed E-state index contributed by atoms with van der Waals surface area (Å²) < 4.78 is 5.30. The minimum atomic E-state index is -0.574. The van der Waals surface area contributed by atoms with Gasteiger partial charge in [0.25, 0.3) is 0 Å². The Hall–Kier alpha value is -2.67. The Bertz CT molecular complexity index is 817. The summed E-state index contributed by atoms with van der Waals surface area (Å²) in [4.78, 5) is 26.0. The van der Waals surface area contributed by atoms with Crippen LogP contribution in [0.1, 0.15) is 26.3 Å². The molecular formula is C18H22ClN5O2. The van der Waals surface area contributed by atoms with Gasteiger partial charge < -0.3 is 9.64 Å². The molecule has 1 amide bonds. The van der Waals surface area contributed by atoms with Gasteiger partial charge in [-0.2, -0.15) is 0 Å². The lowest BCUT2D eigenvalue weighted by molar-refractivity contribution is 0.0636. The van der Waals surface area contributed by atoms with Crippen LogP contribution in [0, 0.1) is 0 Å². The van der Waals surface area contributed by atoms with Gasteiger partial charge >= 0.3 is 6.09 Å². The Morgan fingerprint density at radius 1 is 1.35 bits per heavy atom. The van der Waals surface area contributed by atoms with Crippen molar-refractivity contribution < 1.29 is 9.53 Å². The fourth-order valence-corrected chi connectivity index (χ4v) is 2.32. The van der Waals surface area contributed by atoms with Gasteiger partial charge in [0.05, 0.1) is 5.69 Å². The molecule has 1 heterocycles. The van der Waals surface area contributed by atoms with E-state index in [4.69, 9.17) is 16.3 Å². The number of amides is 1. The van der Waals surface area contributed by atoms with Gasteiger partial charge in [-0.1, -0.05) is 0 Å². The summed E-state index contributed by atoms with van der Waals surface area (Å²) in [6.45, 7) is 5.43. The van der Waals surface area contributed by atoms with E-state index < -0.39 is 11.7 Å². The highest BCUT2D eigenvalue weighted by Crippen LogP contribution is 2.27. The molecule has 0 saturated heterocycles. The predicted octanol–water partition coefficient (Wildman–Crippen LogP) is 4.29. The summed E-state index contributed by atoms with van der Waals surface area (Å²) in [7, 11) is 3.53. The molecule has 0 unspecified atom stereocenters. The van der Waals surface area contributed by atoms with Gasteiger partial charge in [-0.3, -0.25) is 10.3 Å². The van der Waals surface area contributed by atoms with E-state index in [1.807, 2.05) is 44.9 Å². The molecular weight excluding hydrogens is 354 g/mol. The first-order chi connectivity index (χ1) is 12.2. The molecule has 0 atom stereocenters. The van der Waals surface area contributed by atoms with Crippen molar-refractivity contribution in [3.63, 3.8) is 0 Å². The van der Waals surface area contributed by atoms with Crippen molar-refractivity contribution >= 4 is 41.1 Å². The normalized spacial score (nSPS) is 11.5. The number of nitrogens with zero attached hydrogens (tertiary/aromatic N) is 4. The van der Waals surface area contributed by atoms with Crippen LogP contribution in [0.25, 0.3) is 0 Å². The summed E-state index contributed by atoms with van der Waals surface area (Å²) in [6.07, 6.45) is 2.73. The SMILES string of the molecule is C/N=C\c1cc(N(C)c2ccnc(Cl)n2)ccc1NC(=O)OC(C)(C)C. The fourth-order valence-electron chi connectivity index (χ4n) is 2.18. The summed E-state index contributed by atoms with van der Waals surface area (Å²) in [5.74, 6) is 0.650. The van der Waals surface area contributed by atoms with Crippen molar-refractivity contribution in [1.82, 2.24) is 9.97 Å². The van der Waals surface area contributed by atoms with E-state index in [-0.39, 0.29) is 5.28 Å². The number of anilines is 3. The lowest BCUT2D eigenvalue weighted by atomic mass is 10.1. The van der Waals surface area contributed by atoms with Crippen molar-refractivity contribution in [1.29, 1.82) is 0 Å². The highest BCUT2D eigenvalue weighted by molar-refractivity contribution is 6.28. The number of hydrogen-bond acceptors (Lipinski definition) is 6. The molecule has 1 aromatic carbocycles. The molecule has 138 valence electrons. The van der Waals surface area contributed by atoms with Crippen molar-refractivity contribution in [3.05, 3.63) is 41.3 Å². The highest BCUT2D eigenvalue weighted by Gasteiger charge is 2.17. The molecule has 8 heteroatoms. The number of rotatable bonds is 4. The summed E-state index contributed by atoms with van der Waals surface area (Å²) >= 11 is 5.86. The van der Waals surface area contributed by atoms with E-state index in [2.05, 4.69) is 20.3 Å². The second kappa shape index (κ2) is 8.14. The van der Waals surface area contributed by atoms with Crippen LogP contribution in [-0.4, -0.2) is 42.0 Å². The van der Waals surface area contributed by atoms with E-state index in [9.17, 15) is 4.79 Å². The average Bonchev–Trinajstić information content (AvgIpc) is 2.54. The highest BCUT2D eigenvalue weighted by atomic mass is 35.5. The molecule has 0 saturated carbocycles. The minimum Gasteiger partial charge on any atom is -0.444 e. The zero-order valence-corrected chi connectivity index (χ0v) is 16.2. The molecule has 26 heavy (non-hydrogen) atoms. The Kier molecular flexibility index (Phi) is 6.15. The summed E-state index contributed by atoms with van der Waals surface area (Å²) in [5.41, 5.74) is 1.62. The average molecular weight is 376 g/mol. The van der Waals surface area contributed by atoms with Crippen molar-refractivity contribution in [2.24, 2.45) is 4.99 Å². The molecule has 1 aromatic heterocycles. The zero-order chi connectivity index (χ0) is 19.3. The molecule has 7 nitrogen and oxygen atoms in total. The maximum absolute atomic E-state index is 12.0. The molecule has 0 bridgehead atoms. The lowest BCUT2D eigenvalue weighted by Crippen LogP contribution is -2.27. The van der Waals surface area contributed by atoms with Crippen LogP contribution in [0.3, 0.4) is 0 Å². The lowest BCUT2D eigenvalue weighted by Gasteiger charge is -2.22. The second-order valence-corrected chi connectivity index (χ2v) is 6.87. The van der Waals surface area contributed by atoms with Gasteiger partial charge in [-0.15, -0.1) is 0 Å². The third-order valence-electron chi connectivity index (χ3n) is 3.28. The van der Waals surface area contributed by atoms with Crippen molar-refractivity contribution in [3.8, 4) is 0 Å². The Balaban J connectivity index is 2.29. The first-order valence-corrected chi connectivity index (χ1v) is 8.36. The largest absolute Gasteiger partial charge is 0.444 e. The zero-order valence-electron chi connectivity index (χ0n) is 15.4. The van der Waals surface area contributed by atoms with E-state index in [1.54, 1.807) is 31.6 Å². The van der Waals surface area contributed by atoms with Gasteiger partial charge in [0.2, 0.25) is 5.28 Å². The molecule has 0 aliphatic carbocycles. The molecule has 2 aromatic rings. The summed E-state index contributed by atoms with van der Waals surface area (Å²) in [5, 5.41) is 2.92. The van der Waals surface area contributed by atoms with Crippen LogP contribution >= 0.6 is 11.6 Å². The molecule has 2 rings (SSSR count). The number of aromatic nitrogens is 2. The van der Waals surface area contributed by atoms with E-state index in [0.29, 0.717) is 11.5 Å². The quantitative estimate of drug-likeness (QED) is 0.636. The smallest absolute Gasteiger partial charge is 0.412 e. The van der Waals surface area contributed by atoms with Crippen LogP contribution < -0.4 is 10.2 Å². The van der Waals surface area contributed by atoms with Gasteiger partial charge in [0, 0.05) is 37.8 Å². The number of benzene rings is 1. The van der Waals surface area contributed by atoms with Gasteiger partial charge in [-0.05, 0) is 56.6 Å². The predicted molar refractivity (Wildman–Crippen MR) is 105 cm³/mol. The topological polar surface area (TPSA) is 79.7 Å². The number of nitrogens with one attached hydrogen (secondary N) is 1. The van der Waals surface area contributed by atoms with Crippen LogP contribution in [0.2, 0.25) is 5.28 Å². The maximum atomic E-state index is 12.0. The summed E-state index contributed by atoms with van der Waals surface area (Å²) in [6, 6.07) is 7.29. The van der Waals surface area contributed by atoms with Gasteiger partial charge in [-0.25, -0.2) is 14.8 Å². The second-order valence-electron chi connectivity index (χ2n) is 6.53. The molecule has 0 aliphatic heterocycles.